The summed E-state index contributed by atoms with van der Waals surface area (Å²) in [6.07, 6.45) is -0.235. The molecule has 0 saturated heterocycles. The normalized spacial score (nSPS) is 19.2. The van der Waals surface area contributed by atoms with Gasteiger partial charge in [0.15, 0.2) is 4.58 Å². The van der Waals surface area contributed by atoms with Crippen molar-refractivity contribution in [3.05, 3.63) is 12.8 Å². The lowest BCUT2D eigenvalue weighted by molar-refractivity contribution is -0.0479. The lowest BCUT2D eigenvalue weighted by Crippen LogP contribution is -2.47. The molecule has 148 valence electrons. The summed E-state index contributed by atoms with van der Waals surface area (Å²) in [5.74, 6) is -0.563. The fourth-order valence-corrected chi connectivity index (χ4v) is 6.19. The first-order valence-electron chi connectivity index (χ1n) is 7.03. The van der Waals surface area contributed by atoms with Gasteiger partial charge in [0.25, 0.3) is 19.7 Å². The molecule has 1 fully saturated rings. The fraction of sp³-hybridized carbons (Fsp3) is 0.833. The van der Waals surface area contributed by atoms with E-state index in [1.54, 1.807) is 0 Å². The Kier molecular flexibility index (Phi) is 6.47. The molecule has 0 N–H and O–H groups in total. The van der Waals surface area contributed by atoms with Gasteiger partial charge in [-0.05, 0) is 18.8 Å². The van der Waals surface area contributed by atoms with E-state index in [0.717, 1.165) is 6.26 Å². The highest BCUT2D eigenvalue weighted by atomic mass is 32.3. The van der Waals surface area contributed by atoms with Crippen LogP contribution in [0.1, 0.15) is 32.1 Å². The number of rotatable bonds is 7. The Morgan fingerprint density at radius 2 is 1.36 bits per heavy atom. The third kappa shape index (κ3) is 4.60. The van der Waals surface area contributed by atoms with E-state index in [0.29, 0.717) is 25.7 Å². The Bertz CT molecular complexity index is 630. The summed E-state index contributed by atoms with van der Waals surface area (Å²) in [5.41, 5.74) is -12.3. The fourth-order valence-electron chi connectivity index (χ4n) is 2.72. The topological polar surface area (TPSA) is 77.5 Å². The van der Waals surface area contributed by atoms with Gasteiger partial charge < -0.3 is 4.74 Å². The molecule has 5 nitrogen and oxygen atoms in total. The zero-order valence-corrected chi connectivity index (χ0v) is 14.3. The average molecular weight is 418 g/mol. The lowest BCUT2D eigenvalue weighted by Gasteiger charge is -2.28. The number of alkyl halides is 6. The van der Waals surface area contributed by atoms with E-state index in [1.807, 2.05) is 0 Å². The van der Waals surface area contributed by atoms with Gasteiger partial charge in [-0.25, -0.2) is 16.8 Å². The van der Waals surface area contributed by atoms with Crippen molar-refractivity contribution in [1.29, 1.82) is 0 Å². The third-order valence-corrected chi connectivity index (χ3v) is 8.54. The highest BCUT2D eigenvalue weighted by Gasteiger charge is 2.63. The molecule has 0 amide bonds. The summed E-state index contributed by atoms with van der Waals surface area (Å²) >= 11 is 0. The minimum Gasteiger partial charge on any atom is -0.498 e. The number of sulfone groups is 2. The summed E-state index contributed by atoms with van der Waals surface area (Å²) in [6, 6.07) is 0. The number of hydrogen-bond acceptors (Lipinski definition) is 5. The molecular weight excluding hydrogens is 402 g/mol. The Morgan fingerprint density at radius 1 is 0.960 bits per heavy atom. The molecule has 0 aromatic rings. The van der Waals surface area contributed by atoms with Crippen molar-refractivity contribution in [2.24, 2.45) is 5.92 Å². The largest absolute Gasteiger partial charge is 0.498 e. The zero-order valence-electron chi connectivity index (χ0n) is 12.7. The van der Waals surface area contributed by atoms with Crippen LogP contribution in [0.3, 0.4) is 0 Å². The quantitative estimate of drug-likeness (QED) is 0.468. The molecule has 1 aliphatic rings. The summed E-state index contributed by atoms with van der Waals surface area (Å²) in [4.78, 5) is 0. The van der Waals surface area contributed by atoms with Crippen LogP contribution in [0.4, 0.5) is 26.3 Å². The average Bonchev–Trinajstić information content (AvgIpc) is 2.94. The molecule has 1 rings (SSSR count). The summed E-state index contributed by atoms with van der Waals surface area (Å²) in [6.45, 7) is 3.14. The molecule has 1 aliphatic carbocycles. The molecular formula is C12H16F6O5S2. The molecule has 0 spiro atoms. The maximum atomic E-state index is 12.7. The van der Waals surface area contributed by atoms with Crippen LogP contribution >= 0.6 is 0 Å². The standard InChI is InChI=1S/C12H16F6O5S2/c1-2-23-9(8-5-3-4-6-8)7-10(24(19,20)11(13,14)15)25(21,22)12(16,17)18/h2,8-10H,1,3-7H2. The van der Waals surface area contributed by atoms with E-state index < -0.39 is 53.7 Å². The second-order valence-electron chi connectivity index (χ2n) is 5.53. The van der Waals surface area contributed by atoms with Crippen molar-refractivity contribution in [1.82, 2.24) is 0 Å². The van der Waals surface area contributed by atoms with Crippen LogP contribution < -0.4 is 0 Å². The van der Waals surface area contributed by atoms with Crippen LogP contribution in [0.5, 0.6) is 0 Å². The minimum absolute atomic E-state index is 0.364. The van der Waals surface area contributed by atoms with Crippen LogP contribution in [0, 0.1) is 5.92 Å². The maximum Gasteiger partial charge on any atom is 0.498 e. The van der Waals surface area contributed by atoms with Crippen molar-refractivity contribution in [2.75, 3.05) is 0 Å². The zero-order chi connectivity index (χ0) is 19.7. The van der Waals surface area contributed by atoms with Crippen LogP contribution in [0.2, 0.25) is 0 Å². The van der Waals surface area contributed by atoms with E-state index in [2.05, 4.69) is 6.58 Å². The molecule has 0 radical (unpaired) electrons. The minimum atomic E-state index is -6.64. The smallest absolute Gasteiger partial charge is 0.498 e. The molecule has 25 heavy (non-hydrogen) atoms. The summed E-state index contributed by atoms with van der Waals surface area (Å²) < 4.78 is 124. The maximum absolute atomic E-state index is 12.7. The highest BCUT2D eigenvalue weighted by Crippen LogP contribution is 2.41. The monoisotopic (exact) mass is 418 g/mol. The molecule has 0 aromatic carbocycles. The molecule has 1 atom stereocenters. The molecule has 0 bridgehead atoms. The second-order valence-corrected chi connectivity index (χ2v) is 10.1. The van der Waals surface area contributed by atoms with Gasteiger partial charge in [-0.3, -0.25) is 0 Å². The lowest BCUT2D eigenvalue weighted by atomic mass is 9.99. The van der Waals surface area contributed by atoms with Gasteiger partial charge >= 0.3 is 11.0 Å². The third-order valence-electron chi connectivity index (χ3n) is 3.96. The van der Waals surface area contributed by atoms with Gasteiger partial charge in [0, 0.05) is 6.42 Å². The molecule has 1 saturated carbocycles. The summed E-state index contributed by atoms with van der Waals surface area (Å²) in [5, 5.41) is 0. The Morgan fingerprint density at radius 3 is 1.68 bits per heavy atom. The second kappa shape index (κ2) is 7.33. The van der Waals surface area contributed by atoms with Gasteiger partial charge in [-0.1, -0.05) is 19.4 Å². The van der Waals surface area contributed by atoms with Crippen molar-refractivity contribution < 1.29 is 47.9 Å². The van der Waals surface area contributed by atoms with E-state index in [9.17, 15) is 43.2 Å². The van der Waals surface area contributed by atoms with Crippen molar-refractivity contribution in [3.63, 3.8) is 0 Å². The Labute approximate surface area is 140 Å². The first kappa shape index (κ1) is 22.1. The molecule has 0 heterocycles. The Hall–Kier alpha value is -0.980. The van der Waals surface area contributed by atoms with E-state index in [-0.39, 0.29) is 0 Å². The first-order chi connectivity index (χ1) is 11.2. The van der Waals surface area contributed by atoms with Gasteiger partial charge in [-0.2, -0.15) is 26.3 Å². The van der Waals surface area contributed by atoms with Crippen LogP contribution in [0.15, 0.2) is 12.8 Å². The molecule has 0 aliphatic heterocycles. The van der Waals surface area contributed by atoms with E-state index in [1.165, 1.54) is 0 Å². The molecule has 13 heteroatoms. The Balaban J connectivity index is 3.39. The van der Waals surface area contributed by atoms with Gasteiger partial charge in [0.1, 0.15) is 6.10 Å². The van der Waals surface area contributed by atoms with Crippen LogP contribution in [-0.2, 0) is 24.4 Å². The van der Waals surface area contributed by atoms with Crippen LogP contribution in [-0.4, -0.2) is 38.5 Å². The van der Waals surface area contributed by atoms with Gasteiger partial charge in [0.05, 0.1) is 6.26 Å². The van der Waals surface area contributed by atoms with Gasteiger partial charge in [-0.15, -0.1) is 0 Å². The van der Waals surface area contributed by atoms with Crippen molar-refractivity contribution in [2.45, 2.75) is 53.8 Å². The predicted molar refractivity (Wildman–Crippen MR) is 75.4 cm³/mol. The SMILES string of the molecule is C=COC(CC(S(=O)(=O)C(F)(F)F)S(=O)(=O)C(F)(F)F)C1CCCC1. The number of hydrogen-bond donors (Lipinski definition) is 0. The highest BCUT2D eigenvalue weighted by molar-refractivity contribution is 8.09. The summed E-state index contributed by atoms with van der Waals surface area (Å²) in [7, 11) is -13.3. The van der Waals surface area contributed by atoms with E-state index >= 15 is 0 Å². The van der Waals surface area contributed by atoms with Crippen LogP contribution in [0.25, 0.3) is 0 Å². The number of halogens is 6. The van der Waals surface area contributed by atoms with Crippen molar-refractivity contribution in [3.8, 4) is 0 Å². The van der Waals surface area contributed by atoms with E-state index in [4.69, 9.17) is 4.74 Å². The predicted octanol–water partition coefficient (Wildman–Crippen LogP) is 3.29. The molecule has 0 aromatic heterocycles. The first-order valence-corrected chi connectivity index (χ1v) is 10.1. The number of ether oxygens (including phenoxy) is 1. The van der Waals surface area contributed by atoms with Gasteiger partial charge in [0.2, 0.25) is 0 Å². The van der Waals surface area contributed by atoms with Crippen molar-refractivity contribution >= 4 is 19.7 Å². The molecule has 1 unspecified atom stereocenters.